The van der Waals surface area contributed by atoms with Gasteiger partial charge in [-0.25, -0.2) is 4.68 Å². The van der Waals surface area contributed by atoms with E-state index in [-0.39, 0.29) is 12.0 Å². The van der Waals surface area contributed by atoms with Crippen LogP contribution < -0.4 is 4.74 Å². The van der Waals surface area contributed by atoms with Crippen molar-refractivity contribution in [2.24, 2.45) is 0 Å². The van der Waals surface area contributed by atoms with Gasteiger partial charge in [0, 0.05) is 25.9 Å². The van der Waals surface area contributed by atoms with Crippen LogP contribution in [0.25, 0.3) is 5.69 Å². The summed E-state index contributed by atoms with van der Waals surface area (Å²) >= 11 is 0. The van der Waals surface area contributed by atoms with Crippen LogP contribution in [0.3, 0.4) is 0 Å². The largest absolute Gasteiger partial charge is 0.487 e. The maximum absolute atomic E-state index is 11.5. The highest BCUT2D eigenvalue weighted by atomic mass is 16.5. The molecule has 0 atom stereocenters. The Morgan fingerprint density at radius 1 is 1.27 bits per heavy atom. The van der Waals surface area contributed by atoms with E-state index >= 15 is 0 Å². The molecule has 1 aliphatic rings. The van der Waals surface area contributed by atoms with E-state index in [0.717, 1.165) is 24.3 Å². The Kier molecular flexibility index (Phi) is 4.23. The van der Waals surface area contributed by atoms with Crippen LogP contribution in [0.2, 0.25) is 0 Å². The Labute approximate surface area is 129 Å². The fraction of sp³-hybridized carbons (Fsp3) is 0.294. The lowest BCUT2D eigenvalue weighted by Crippen LogP contribution is -2.40. The first-order valence-electron chi connectivity index (χ1n) is 7.44. The molecule has 0 unspecified atom stereocenters. The number of para-hydroxylation sites is 1. The molecule has 0 aliphatic carbocycles. The Bertz CT molecular complexity index is 643. The molecule has 1 aliphatic heterocycles. The first-order valence-corrected chi connectivity index (χ1v) is 7.44. The summed E-state index contributed by atoms with van der Waals surface area (Å²) < 4.78 is 7.77. The van der Waals surface area contributed by atoms with Crippen LogP contribution in [-0.4, -0.2) is 39.8 Å². The van der Waals surface area contributed by atoms with E-state index in [1.807, 2.05) is 36.5 Å². The number of ether oxygens (including phenoxy) is 1. The Morgan fingerprint density at radius 3 is 2.68 bits per heavy atom. The van der Waals surface area contributed by atoms with Gasteiger partial charge in [-0.1, -0.05) is 24.8 Å². The van der Waals surface area contributed by atoms with E-state index in [1.165, 1.54) is 6.08 Å². The zero-order valence-corrected chi connectivity index (χ0v) is 12.4. The summed E-state index contributed by atoms with van der Waals surface area (Å²) in [5.41, 5.74) is 1.00. The summed E-state index contributed by atoms with van der Waals surface area (Å²) in [4.78, 5) is 13.4. The van der Waals surface area contributed by atoms with Crippen LogP contribution in [0.15, 0.2) is 55.4 Å². The molecule has 5 heteroatoms. The zero-order valence-electron chi connectivity index (χ0n) is 12.4. The first kappa shape index (κ1) is 14.4. The quantitative estimate of drug-likeness (QED) is 0.814. The Hall–Kier alpha value is -2.56. The van der Waals surface area contributed by atoms with Gasteiger partial charge in [0.2, 0.25) is 5.91 Å². The molecule has 1 fully saturated rings. The van der Waals surface area contributed by atoms with Gasteiger partial charge < -0.3 is 9.64 Å². The molecule has 1 saturated heterocycles. The summed E-state index contributed by atoms with van der Waals surface area (Å²) in [5, 5.41) is 4.32. The average molecular weight is 297 g/mol. The summed E-state index contributed by atoms with van der Waals surface area (Å²) in [5.74, 6) is 0.757. The van der Waals surface area contributed by atoms with Gasteiger partial charge in [-0.05, 0) is 18.2 Å². The fourth-order valence-electron chi connectivity index (χ4n) is 2.60. The van der Waals surface area contributed by atoms with Crippen molar-refractivity contribution in [2.75, 3.05) is 13.1 Å². The molecule has 5 nitrogen and oxygen atoms in total. The number of hydrogen-bond acceptors (Lipinski definition) is 3. The number of carbonyl (C=O) groups excluding carboxylic acids is 1. The fourth-order valence-corrected chi connectivity index (χ4v) is 2.60. The van der Waals surface area contributed by atoms with Gasteiger partial charge in [0.05, 0.1) is 18.1 Å². The van der Waals surface area contributed by atoms with E-state index in [0.29, 0.717) is 13.1 Å². The highest BCUT2D eigenvalue weighted by Gasteiger charge is 2.22. The summed E-state index contributed by atoms with van der Waals surface area (Å²) in [6.45, 7) is 4.94. The van der Waals surface area contributed by atoms with Gasteiger partial charge in [0.25, 0.3) is 0 Å². The third kappa shape index (κ3) is 3.19. The predicted molar refractivity (Wildman–Crippen MR) is 84.0 cm³/mol. The molecule has 0 spiro atoms. The highest BCUT2D eigenvalue weighted by Crippen LogP contribution is 2.20. The van der Waals surface area contributed by atoms with E-state index in [1.54, 1.807) is 15.8 Å². The van der Waals surface area contributed by atoms with Gasteiger partial charge in [0.15, 0.2) is 5.75 Å². The van der Waals surface area contributed by atoms with Crippen molar-refractivity contribution in [1.29, 1.82) is 0 Å². The van der Waals surface area contributed by atoms with Gasteiger partial charge in [0.1, 0.15) is 6.10 Å². The van der Waals surface area contributed by atoms with Gasteiger partial charge in [-0.15, -0.1) is 0 Å². The molecule has 1 aromatic heterocycles. The summed E-state index contributed by atoms with van der Waals surface area (Å²) in [6.07, 6.45) is 6.77. The molecule has 0 bridgehead atoms. The van der Waals surface area contributed by atoms with E-state index < -0.39 is 0 Å². The lowest BCUT2D eigenvalue weighted by molar-refractivity contribution is -0.127. The molecule has 114 valence electrons. The van der Waals surface area contributed by atoms with Crippen molar-refractivity contribution in [3.63, 3.8) is 0 Å². The van der Waals surface area contributed by atoms with E-state index in [2.05, 4.69) is 11.7 Å². The molecule has 1 aromatic carbocycles. The van der Waals surface area contributed by atoms with E-state index in [9.17, 15) is 4.79 Å². The number of nitrogens with zero attached hydrogens (tertiary/aromatic N) is 3. The van der Waals surface area contributed by atoms with Gasteiger partial charge in [-0.2, -0.15) is 5.10 Å². The minimum atomic E-state index is -0.00431. The summed E-state index contributed by atoms with van der Waals surface area (Å²) in [7, 11) is 0. The molecule has 22 heavy (non-hydrogen) atoms. The van der Waals surface area contributed by atoms with Crippen LogP contribution >= 0.6 is 0 Å². The maximum atomic E-state index is 11.5. The average Bonchev–Trinajstić information content (AvgIpc) is 3.04. The number of likely N-dealkylation sites (tertiary alicyclic amines) is 1. The van der Waals surface area contributed by atoms with Gasteiger partial charge >= 0.3 is 0 Å². The van der Waals surface area contributed by atoms with Crippen molar-refractivity contribution >= 4 is 5.91 Å². The number of amides is 1. The second-order valence-corrected chi connectivity index (χ2v) is 5.30. The van der Waals surface area contributed by atoms with Crippen LogP contribution in [0.1, 0.15) is 12.8 Å². The molecular formula is C17H19N3O2. The number of benzene rings is 1. The van der Waals surface area contributed by atoms with Crippen molar-refractivity contribution in [3.8, 4) is 11.4 Å². The Morgan fingerprint density at radius 2 is 2.00 bits per heavy atom. The van der Waals surface area contributed by atoms with E-state index in [4.69, 9.17) is 4.74 Å². The topological polar surface area (TPSA) is 47.4 Å². The number of rotatable bonds is 4. The van der Waals surface area contributed by atoms with Crippen molar-refractivity contribution in [2.45, 2.75) is 18.9 Å². The summed E-state index contributed by atoms with van der Waals surface area (Å²) in [6, 6.07) is 9.92. The molecule has 2 aromatic rings. The normalized spacial score (nSPS) is 15.5. The first-order chi connectivity index (χ1) is 10.8. The van der Waals surface area contributed by atoms with Crippen LogP contribution in [0.5, 0.6) is 5.75 Å². The smallest absolute Gasteiger partial charge is 0.245 e. The van der Waals surface area contributed by atoms with Crippen LogP contribution in [-0.2, 0) is 4.79 Å². The second-order valence-electron chi connectivity index (χ2n) is 5.30. The Balaban J connectivity index is 1.58. The molecule has 0 radical (unpaired) electrons. The van der Waals surface area contributed by atoms with Crippen molar-refractivity contribution < 1.29 is 9.53 Å². The number of carbonyl (C=O) groups is 1. The van der Waals surface area contributed by atoms with Crippen LogP contribution in [0, 0.1) is 0 Å². The van der Waals surface area contributed by atoms with Crippen molar-refractivity contribution in [1.82, 2.24) is 14.7 Å². The zero-order chi connectivity index (χ0) is 15.4. The second kappa shape index (κ2) is 6.47. The standard InChI is InChI=1S/C17H19N3O2/c1-2-17(21)19-10-8-15(9-11-19)22-16-12-18-20(13-16)14-6-4-3-5-7-14/h2-7,12-13,15H,1,8-11H2. The lowest BCUT2D eigenvalue weighted by Gasteiger charge is -2.31. The monoisotopic (exact) mass is 297 g/mol. The van der Waals surface area contributed by atoms with Gasteiger partial charge in [-0.3, -0.25) is 4.79 Å². The molecule has 0 N–H and O–H groups in total. The minimum absolute atomic E-state index is 0.00431. The molecule has 3 rings (SSSR count). The lowest BCUT2D eigenvalue weighted by atomic mass is 10.1. The molecule has 2 heterocycles. The third-order valence-corrected chi connectivity index (χ3v) is 3.81. The molecular weight excluding hydrogens is 278 g/mol. The number of aromatic nitrogens is 2. The third-order valence-electron chi connectivity index (χ3n) is 3.81. The van der Waals surface area contributed by atoms with Crippen molar-refractivity contribution in [3.05, 3.63) is 55.4 Å². The molecule has 1 amide bonds. The number of piperidine rings is 1. The predicted octanol–water partition coefficient (Wildman–Crippen LogP) is 2.43. The maximum Gasteiger partial charge on any atom is 0.245 e. The van der Waals surface area contributed by atoms with Crippen LogP contribution in [0.4, 0.5) is 0 Å². The molecule has 0 saturated carbocycles. The minimum Gasteiger partial charge on any atom is -0.487 e. The SMILES string of the molecule is C=CC(=O)N1CCC(Oc2cnn(-c3ccccc3)c2)CC1. The highest BCUT2D eigenvalue weighted by molar-refractivity contribution is 5.87. The number of hydrogen-bond donors (Lipinski definition) is 0.